The van der Waals surface area contributed by atoms with Gasteiger partial charge in [0.2, 0.25) is 11.8 Å². The normalized spacial score (nSPS) is 16.9. The molecule has 10 nitrogen and oxygen atoms in total. The summed E-state index contributed by atoms with van der Waals surface area (Å²) in [4.78, 5) is 52.5. The van der Waals surface area contributed by atoms with E-state index in [0.717, 1.165) is 35.2 Å². The Morgan fingerprint density at radius 3 is 2.50 bits per heavy atom. The molecular weight excluding hydrogens is 556 g/mol. The molecule has 3 N–H and O–H groups in total. The Hall–Kier alpha value is -4.21. The highest BCUT2D eigenvalue weighted by molar-refractivity contribution is 6.06. The monoisotopic (exact) mass is 600 g/mol. The number of aromatic nitrogens is 1. The molecule has 1 aromatic heterocycles. The minimum absolute atomic E-state index is 0.00492. The van der Waals surface area contributed by atoms with Crippen molar-refractivity contribution in [1.82, 2.24) is 14.8 Å². The highest BCUT2D eigenvalue weighted by Gasteiger charge is 2.51. The average molecular weight is 601 g/mol. The van der Waals surface area contributed by atoms with E-state index in [9.17, 15) is 14.4 Å². The van der Waals surface area contributed by atoms with Gasteiger partial charge in [-0.1, -0.05) is 26.0 Å². The average Bonchev–Trinajstić information content (AvgIpc) is 3.79. The summed E-state index contributed by atoms with van der Waals surface area (Å²) in [5.74, 6) is 0.267. The van der Waals surface area contributed by atoms with Gasteiger partial charge in [0.05, 0.1) is 29.5 Å². The van der Waals surface area contributed by atoms with E-state index in [1.165, 1.54) is 0 Å². The largest absolute Gasteiger partial charge is 0.444 e. The van der Waals surface area contributed by atoms with Crippen LogP contribution in [0.2, 0.25) is 0 Å². The molecule has 0 saturated heterocycles. The van der Waals surface area contributed by atoms with Gasteiger partial charge < -0.3 is 25.6 Å². The zero-order valence-corrected chi connectivity index (χ0v) is 26.5. The molecule has 234 valence electrons. The lowest BCUT2D eigenvalue weighted by atomic mass is 9.92. The lowest BCUT2D eigenvalue weighted by molar-refractivity contribution is -0.127. The minimum atomic E-state index is -0.675. The molecule has 5 rings (SSSR count). The van der Waals surface area contributed by atoms with Crippen molar-refractivity contribution < 1.29 is 19.1 Å². The summed E-state index contributed by atoms with van der Waals surface area (Å²) in [5.41, 5.74) is 10.4. The van der Waals surface area contributed by atoms with Gasteiger partial charge in [-0.2, -0.15) is 0 Å². The maximum Gasteiger partial charge on any atom is 0.410 e. The molecule has 1 saturated carbocycles. The molecular formula is C34H44N6O4. The first-order valence-electron chi connectivity index (χ1n) is 15.7. The van der Waals surface area contributed by atoms with Crippen LogP contribution in [0.5, 0.6) is 0 Å². The van der Waals surface area contributed by atoms with Gasteiger partial charge in [-0.3, -0.25) is 14.6 Å². The van der Waals surface area contributed by atoms with Crippen molar-refractivity contribution in [3.05, 3.63) is 58.4 Å². The Balaban J connectivity index is 1.33. The van der Waals surface area contributed by atoms with Gasteiger partial charge in [-0.25, -0.2) is 9.79 Å². The Labute approximate surface area is 259 Å². The van der Waals surface area contributed by atoms with Gasteiger partial charge in [0.15, 0.2) is 0 Å². The van der Waals surface area contributed by atoms with Crippen molar-refractivity contribution >= 4 is 41.2 Å². The molecule has 2 aromatic rings. The predicted octanol–water partition coefficient (Wildman–Crippen LogP) is 5.47. The van der Waals surface area contributed by atoms with E-state index < -0.39 is 11.0 Å². The summed E-state index contributed by atoms with van der Waals surface area (Å²) in [7, 11) is 0. The molecule has 3 aliphatic rings. The predicted molar refractivity (Wildman–Crippen MR) is 172 cm³/mol. The first-order valence-corrected chi connectivity index (χ1v) is 15.7. The number of fused-ring (bicyclic) bond motifs is 2. The van der Waals surface area contributed by atoms with Gasteiger partial charge in [-0.05, 0) is 75.8 Å². The van der Waals surface area contributed by atoms with E-state index in [1.54, 1.807) is 11.1 Å². The molecule has 0 radical (unpaired) electrons. The van der Waals surface area contributed by atoms with Crippen LogP contribution in [0.4, 0.5) is 16.2 Å². The maximum atomic E-state index is 13.7. The van der Waals surface area contributed by atoms with Crippen molar-refractivity contribution in [1.29, 1.82) is 0 Å². The number of hydrogen-bond donors (Lipinski definition) is 2. The quantitative estimate of drug-likeness (QED) is 0.413. The van der Waals surface area contributed by atoms with Gasteiger partial charge in [0.1, 0.15) is 11.4 Å². The van der Waals surface area contributed by atoms with E-state index >= 15 is 0 Å². The minimum Gasteiger partial charge on any atom is -0.444 e. The molecule has 0 spiro atoms. The SMILES string of the molecule is CCCN(CCC)C(=O)C1=Cc2ccc(C3(C(=O)Nc4cnc5c(c4)CN(C(=O)OC(C)(C)C)CC5)CC3)cc2N=C(N)C1. The maximum absolute atomic E-state index is 13.7. The number of amides is 3. The van der Waals surface area contributed by atoms with Crippen LogP contribution in [0.1, 0.15) is 89.1 Å². The number of rotatable bonds is 8. The van der Waals surface area contributed by atoms with Gasteiger partial charge >= 0.3 is 6.09 Å². The number of anilines is 1. The zero-order valence-electron chi connectivity index (χ0n) is 26.5. The number of amidine groups is 1. The zero-order chi connectivity index (χ0) is 31.6. The number of aliphatic imine (C=N–C) groups is 1. The van der Waals surface area contributed by atoms with Crippen molar-refractivity contribution in [3.63, 3.8) is 0 Å². The molecule has 3 heterocycles. The number of carbonyl (C=O) groups is 3. The summed E-state index contributed by atoms with van der Waals surface area (Å²) < 4.78 is 5.55. The van der Waals surface area contributed by atoms with Crippen LogP contribution in [0.25, 0.3) is 6.08 Å². The van der Waals surface area contributed by atoms with Gasteiger partial charge in [-0.15, -0.1) is 0 Å². The van der Waals surface area contributed by atoms with Crippen LogP contribution in [-0.2, 0) is 32.7 Å². The van der Waals surface area contributed by atoms with Crippen molar-refractivity contribution in [3.8, 4) is 0 Å². The van der Waals surface area contributed by atoms with E-state index in [4.69, 9.17) is 10.5 Å². The molecule has 3 amide bonds. The number of nitrogens with two attached hydrogens (primary N) is 1. The highest BCUT2D eigenvalue weighted by Crippen LogP contribution is 2.50. The topological polar surface area (TPSA) is 130 Å². The van der Waals surface area contributed by atoms with Crippen LogP contribution in [0.3, 0.4) is 0 Å². The smallest absolute Gasteiger partial charge is 0.410 e. The molecule has 0 unspecified atom stereocenters. The summed E-state index contributed by atoms with van der Waals surface area (Å²) in [6.07, 6.45) is 7.33. The van der Waals surface area contributed by atoms with E-state index in [2.05, 4.69) is 29.1 Å². The number of nitrogens with zero attached hydrogens (tertiary/aromatic N) is 4. The molecule has 0 bridgehead atoms. The van der Waals surface area contributed by atoms with Crippen LogP contribution in [0, 0.1) is 0 Å². The molecule has 1 aliphatic carbocycles. The molecule has 2 aliphatic heterocycles. The number of pyridine rings is 1. The Morgan fingerprint density at radius 2 is 1.84 bits per heavy atom. The fraction of sp³-hybridized carbons (Fsp3) is 0.500. The summed E-state index contributed by atoms with van der Waals surface area (Å²) in [6, 6.07) is 7.72. The van der Waals surface area contributed by atoms with Gasteiger partial charge in [0, 0.05) is 49.3 Å². The lowest BCUT2D eigenvalue weighted by Gasteiger charge is -2.31. The second-order valence-corrected chi connectivity index (χ2v) is 13.0. The number of benzene rings is 1. The molecule has 0 atom stereocenters. The van der Waals surface area contributed by atoms with Gasteiger partial charge in [0.25, 0.3) is 0 Å². The van der Waals surface area contributed by atoms with Crippen LogP contribution < -0.4 is 11.1 Å². The Bertz CT molecular complexity index is 1510. The summed E-state index contributed by atoms with van der Waals surface area (Å²) >= 11 is 0. The third kappa shape index (κ3) is 6.79. The van der Waals surface area contributed by atoms with Crippen molar-refractivity contribution in [2.75, 3.05) is 25.0 Å². The van der Waals surface area contributed by atoms with Crippen LogP contribution in [-0.4, -0.2) is 63.8 Å². The Morgan fingerprint density at radius 1 is 1.11 bits per heavy atom. The molecule has 1 aromatic carbocycles. The standard InChI is InChI=1S/C34H44N6O4/c1-6-13-39(14-7-2)30(41)23-16-22-8-9-25(19-28(22)38-29(35)18-23)34(11-12-34)31(42)37-26-17-24-21-40(15-10-27(24)36-20-26)32(43)44-33(3,4)5/h8-9,16-17,19-20H,6-7,10-15,18,21H2,1-5H3,(H2,35,38)(H,37,42). The highest BCUT2D eigenvalue weighted by atomic mass is 16.6. The fourth-order valence-electron chi connectivity index (χ4n) is 5.88. The molecule has 10 heteroatoms. The number of nitrogens with one attached hydrogen (secondary N) is 1. The van der Waals surface area contributed by atoms with Crippen LogP contribution >= 0.6 is 0 Å². The first-order chi connectivity index (χ1) is 20.9. The first kappa shape index (κ1) is 31.2. The summed E-state index contributed by atoms with van der Waals surface area (Å²) in [5, 5.41) is 3.08. The molecule has 1 fully saturated rings. The second-order valence-electron chi connectivity index (χ2n) is 13.0. The number of ether oxygens (including phenoxy) is 1. The number of hydrogen-bond acceptors (Lipinski definition) is 7. The lowest BCUT2D eigenvalue weighted by Crippen LogP contribution is -2.40. The fourth-order valence-corrected chi connectivity index (χ4v) is 5.88. The third-order valence-electron chi connectivity index (χ3n) is 8.23. The molecule has 44 heavy (non-hydrogen) atoms. The van der Waals surface area contributed by atoms with E-state index in [-0.39, 0.29) is 24.3 Å². The second kappa shape index (κ2) is 12.4. The third-order valence-corrected chi connectivity index (χ3v) is 8.23. The van der Waals surface area contributed by atoms with E-state index in [0.29, 0.717) is 68.2 Å². The van der Waals surface area contributed by atoms with Crippen molar-refractivity contribution in [2.24, 2.45) is 10.7 Å². The summed E-state index contributed by atoms with van der Waals surface area (Å²) in [6.45, 7) is 12.0. The Kier molecular flexibility index (Phi) is 8.81. The van der Waals surface area contributed by atoms with E-state index in [1.807, 2.05) is 56.0 Å². The van der Waals surface area contributed by atoms with Crippen molar-refractivity contribution in [2.45, 2.75) is 90.7 Å². The number of carbonyl (C=O) groups excluding carboxylic acids is 3. The van der Waals surface area contributed by atoms with Crippen LogP contribution in [0.15, 0.2) is 41.0 Å².